The Labute approximate surface area is 139 Å². The third kappa shape index (κ3) is 4.09. The predicted molar refractivity (Wildman–Crippen MR) is 90.4 cm³/mol. The number of aromatic nitrogens is 2. The molecule has 0 radical (unpaired) electrons. The fourth-order valence-electron chi connectivity index (χ4n) is 2.20. The lowest BCUT2D eigenvalue weighted by Crippen LogP contribution is -2.12. The smallest absolute Gasteiger partial charge is 0.315 e. The maximum Gasteiger partial charge on any atom is 0.315 e. The SMILES string of the molecule is NC(c1ccccc1)c1nnc(NCCc2ccc(Cl)cc2)o1. The van der Waals surface area contributed by atoms with Crippen LogP contribution in [0.1, 0.15) is 23.1 Å². The molecule has 3 rings (SSSR count). The first-order chi connectivity index (χ1) is 11.2. The Hall–Kier alpha value is -2.37. The fourth-order valence-corrected chi connectivity index (χ4v) is 2.33. The van der Waals surface area contributed by atoms with Gasteiger partial charge in [-0.1, -0.05) is 59.2 Å². The van der Waals surface area contributed by atoms with Gasteiger partial charge in [0.2, 0.25) is 5.89 Å². The molecule has 5 nitrogen and oxygen atoms in total. The van der Waals surface area contributed by atoms with Crippen molar-refractivity contribution in [2.24, 2.45) is 5.73 Å². The first-order valence-electron chi connectivity index (χ1n) is 7.34. The molecule has 0 saturated carbocycles. The molecule has 0 aliphatic heterocycles. The molecule has 0 aliphatic rings. The van der Waals surface area contributed by atoms with E-state index in [-0.39, 0.29) is 0 Å². The van der Waals surface area contributed by atoms with Crippen molar-refractivity contribution in [3.8, 4) is 0 Å². The van der Waals surface area contributed by atoms with Gasteiger partial charge < -0.3 is 15.5 Å². The zero-order valence-electron chi connectivity index (χ0n) is 12.4. The number of hydrogen-bond donors (Lipinski definition) is 2. The first kappa shape index (κ1) is 15.5. The van der Waals surface area contributed by atoms with Gasteiger partial charge in [-0.25, -0.2) is 0 Å². The van der Waals surface area contributed by atoms with Gasteiger partial charge in [-0.2, -0.15) is 0 Å². The molecule has 1 heterocycles. The molecule has 2 aromatic carbocycles. The number of nitrogens with two attached hydrogens (primary N) is 1. The van der Waals surface area contributed by atoms with Crippen LogP contribution in [-0.2, 0) is 6.42 Å². The van der Waals surface area contributed by atoms with Crippen molar-refractivity contribution in [1.29, 1.82) is 0 Å². The number of anilines is 1. The molecule has 0 aliphatic carbocycles. The lowest BCUT2D eigenvalue weighted by atomic mass is 10.1. The maximum atomic E-state index is 6.13. The van der Waals surface area contributed by atoms with Crippen LogP contribution < -0.4 is 11.1 Å². The largest absolute Gasteiger partial charge is 0.406 e. The fraction of sp³-hybridized carbons (Fsp3) is 0.176. The maximum absolute atomic E-state index is 6.13. The van der Waals surface area contributed by atoms with Gasteiger partial charge in [0.15, 0.2) is 0 Å². The van der Waals surface area contributed by atoms with E-state index in [1.807, 2.05) is 54.6 Å². The van der Waals surface area contributed by atoms with Gasteiger partial charge in [0, 0.05) is 11.6 Å². The van der Waals surface area contributed by atoms with Crippen LogP contribution in [0.4, 0.5) is 6.01 Å². The van der Waals surface area contributed by atoms with Crippen LogP contribution in [0.3, 0.4) is 0 Å². The monoisotopic (exact) mass is 328 g/mol. The second-order valence-electron chi connectivity index (χ2n) is 5.14. The van der Waals surface area contributed by atoms with Gasteiger partial charge in [0.25, 0.3) is 0 Å². The Kier molecular flexibility index (Phi) is 4.90. The van der Waals surface area contributed by atoms with Gasteiger partial charge >= 0.3 is 6.01 Å². The number of nitrogens with one attached hydrogen (secondary N) is 1. The van der Waals surface area contributed by atoms with E-state index >= 15 is 0 Å². The lowest BCUT2D eigenvalue weighted by Gasteiger charge is -2.06. The van der Waals surface area contributed by atoms with E-state index in [1.165, 1.54) is 5.56 Å². The van der Waals surface area contributed by atoms with Crippen LogP contribution in [0.2, 0.25) is 5.02 Å². The molecular formula is C17H17ClN4O. The van der Waals surface area contributed by atoms with Gasteiger partial charge in [0.1, 0.15) is 6.04 Å². The molecule has 118 valence electrons. The zero-order valence-corrected chi connectivity index (χ0v) is 13.2. The zero-order chi connectivity index (χ0) is 16.1. The Balaban J connectivity index is 1.56. The van der Waals surface area contributed by atoms with E-state index < -0.39 is 6.04 Å². The first-order valence-corrected chi connectivity index (χ1v) is 7.72. The summed E-state index contributed by atoms with van der Waals surface area (Å²) in [5.74, 6) is 0.394. The average Bonchev–Trinajstić information content (AvgIpc) is 3.06. The Bertz CT molecular complexity index is 743. The van der Waals surface area contributed by atoms with E-state index in [0.717, 1.165) is 17.0 Å². The molecule has 1 aromatic heterocycles. The summed E-state index contributed by atoms with van der Waals surface area (Å²) in [7, 11) is 0. The second-order valence-corrected chi connectivity index (χ2v) is 5.57. The number of halogens is 1. The molecule has 1 unspecified atom stereocenters. The summed E-state index contributed by atoms with van der Waals surface area (Å²) >= 11 is 5.86. The number of rotatable bonds is 6. The highest BCUT2D eigenvalue weighted by Gasteiger charge is 2.15. The minimum absolute atomic E-state index is 0.375. The Morgan fingerprint density at radius 3 is 2.52 bits per heavy atom. The van der Waals surface area contributed by atoms with Gasteiger partial charge in [-0.05, 0) is 29.7 Å². The van der Waals surface area contributed by atoms with Crippen LogP contribution in [0.5, 0.6) is 0 Å². The van der Waals surface area contributed by atoms with Crippen molar-refractivity contribution in [3.05, 3.63) is 76.6 Å². The van der Waals surface area contributed by atoms with E-state index in [0.29, 0.717) is 18.5 Å². The van der Waals surface area contributed by atoms with Crippen LogP contribution in [0, 0.1) is 0 Å². The predicted octanol–water partition coefficient (Wildman–Crippen LogP) is 3.43. The number of benzene rings is 2. The molecule has 3 aromatic rings. The van der Waals surface area contributed by atoms with Crippen LogP contribution in [0.25, 0.3) is 0 Å². The van der Waals surface area contributed by atoms with Crippen molar-refractivity contribution in [1.82, 2.24) is 10.2 Å². The molecule has 23 heavy (non-hydrogen) atoms. The molecule has 1 atom stereocenters. The number of hydrogen-bond acceptors (Lipinski definition) is 5. The standard InChI is InChI=1S/C17H17ClN4O/c18-14-8-6-12(7-9-14)10-11-20-17-22-21-16(23-17)15(19)13-4-2-1-3-5-13/h1-9,15H,10-11,19H2,(H,20,22). The van der Waals surface area contributed by atoms with E-state index in [2.05, 4.69) is 15.5 Å². The van der Waals surface area contributed by atoms with Crippen molar-refractivity contribution >= 4 is 17.6 Å². The van der Waals surface area contributed by atoms with Crippen LogP contribution in [-0.4, -0.2) is 16.7 Å². The molecule has 0 amide bonds. The van der Waals surface area contributed by atoms with Crippen LogP contribution >= 0.6 is 11.6 Å². The summed E-state index contributed by atoms with van der Waals surface area (Å²) in [5.41, 5.74) is 8.24. The summed E-state index contributed by atoms with van der Waals surface area (Å²) in [4.78, 5) is 0. The molecule has 0 bridgehead atoms. The third-order valence-electron chi connectivity index (χ3n) is 3.47. The molecule has 6 heteroatoms. The molecule has 0 saturated heterocycles. The van der Waals surface area contributed by atoms with Crippen molar-refractivity contribution in [2.75, 3.05) is 11.9 Å². The van der Waals surface area contributed by atoms with Gasteiger partial charge in [-0.15, -0.1) is 5.10 Å². The van der Waals surface area contributed by atoms with Gasteiger partial charge in [0.05, 0.1) is 0 Å². The normalized spacial score (nSPS) is 12.1. The van der Waals surface area contributed by atoms with Crippen molar-refractivity contribution < 1.29 is 4.42 Å². The minimum Gasteiger partial charge on any atom is -0.406 e. The highest BCUT2D eigenvalue weighted by molar-refractivity contribution is 6.30. The Morgan fingerprint density at radius 1 is 1.04 bits per heavy atom. The number of nitrogens with zero attached hydrogens (tertiary/aromatic N) is 2. The summed E-state index contributed by atoms with van der Waals surface area (Å²) in [5, 5.41) is 11.8. The van der Waals surface area contributed by atoms with E-state index in [4.69, 9.17) is 21.8 Å². The summed E-state index contributed by atoms with van der Waals surface area (Å²) in [6, 6.07) is 17.4. The average molecular weight is 329 g/mol. The summed E-state index contributed by atoms with van der Waals surface area (Å²) in [6.45, 7) is 0.684. The topological polar surface area (TPSA) is 77.0 Å². The van der Waals surface area contributed by atoms with Crippen molar-refractivity contribution in [2.45, 2.75) is 12.5 Å². The second kappa shape index (κ2) is 7.26. The highest BCUT2D eigenvalue weighted by atomic mass is 35.5. The molecule has 0 fully saturated rings. The van der Waals surface area contributed by atoms with Crippen LogP contribution in [0.15, 0.2) is 59.0 Å². The molecular weight excluding hydrogens is 312 g/mol. The Morgan fingerprint density at radius 2 is 1.78 bits per heavy atom. The summed E-state index contributed by atoms with van der Waals surface area (Å²) < 4.78 is 5.58. The van der Waals surface area contributed by atoms with E-state index in [1.54, 1.807) is 0 Å². The lowest BCUT2D eigenvalue weighted by molar-refractivity contribution is 0.483. The van der Waals surface area contributed by atoms with Crippen molar-refractivity contribution in [3.63, 3.8) is 0 Å². The molecule has 3 N–H and O–H groups in total. The highest BCUT2D eigenvalue weighted by Crippen LogP contribution is 2.19. The van der Waals surface area contributed by atoms with E-state index in [9.17, 15) is 0 Å². The third-order valence-corrected chi connectivity index (χ3v) is 3.72. The van der Waals surface area contributed by atoms with Gasteiger partial charge in [-0.3, -0.25) is 0 Å². The summed E-state index contributed by atoms with van der Waals surface area (Å²) in [6.07, 6.45) is 0.833. The minimum atomic E-state index is -0.421. The quantitative estimate of drug-likeness (QED) is 0.725. The molecule has 0 spiro atoms.